The van der Waals surface area contributed by atoms with Crippen molar-refractivity contribution in [3.8, 4) is 0 Å². The Kier molecular flexibility index (Phi) is 5.33. The number of hydrogen-bond acceptors (Lipinski definition) is 3. The lowest BCUT2D eigenvalue weighted by atomic mass is 10.2. The number of rotatable bonds is 4. The van der Waals surface area contributed by atoms with Gasteiger partial charge in [-0.05, 0) is 43.0 Å². The molecule has 1 fully saturated rings. The number of aryl methyl sites for hydroxylation is 1. The second-order valence-corrected chi connectivity index (χ2v) is 6.25. The predicted molar refractivity (Wildman–Crippen MR) is 96.2 cm³/mol. The van der Waals surface area contributed by atoms with Gasteiger partial charge in [0.25, 0.3) is 0 Å². The minimum Gasteiger partial charge on any atom is -0.445 e. The number of amides is 2. The summed E-state index contributed by atoms with van der Waals surface area (Å²) < 4.78 is 5.37. The Morgan fingerprint density at radius 1 is 1.16 bits per heavy atom. The first kappa shape index (κ1) is 17.0. The molecule has 1 saturated heterocycles. The van der Waals surface area contributed by atoms with Gasteiger partial charge in [0, 0.05) is 12.2 Å². The monoisotopic (exact) mass is 338 g/mol. The highest BCUT2D eigenvalue weighted by atomic mass is 16.6. The van der Waals surface area contributed by atoms with Crippen LogP contribution in [-0.2, 0) is 16.1 Å². The predicted octanol–water partition coefficient (Wildman–Crippen LogP) is 3.73. The van der Waals surface area contributed by atoms with Gasteiger partial charge in [0.2, 0.25) is 5.91 Å². The van der Waals surface area contributed by atoms with E-state index in [1.165, 1.54) is 4.90 Å². The molecule has 2 aromatic carbocycles. The number of carbonyl (C=O) groups excluding carboxylic acids is 2. The van der Waals surface area contributed by atoms with E-state index >= 15 is 0 Å². The molecule has 0 bridgehead atoms. The molecule has 1 aliphatic heterocycles. The first-order valence-electron chi connectivity index (χ1n) is 8.48. The zero-order chi connectivity index (χ0) is 17.6. The Balaban J connectivity index is 1.59. The number of nitrogens with zero attached hydrogens (tertiary/aromatic N) is 1. The fourth-order valence-corrected chi connectivity index (χ4v) is 3.01. The standard InChI is InChI=1S/C20H22N2O3/c1-15-7-5-10-17(13-15)21-19(23)18-11-6-12-22(18)20(24)25-14-16-8-3-2-4-9-16/h2-5,7-10,13,18H,6,11-12,14H2,1H3,(H,21,23)/t18-/m1/s1. The molecule has 0 aliphatic carbocycles. The number of ether oxygens (including phenoxy) is 1. The maximum Gasteiger partial charge on any atom is 0.410 e. The lowest BCUT2D eigenvalue weighted by molar-refractivity contribution is -0.120. The lowest BCUT2D eigenvalue weighted by Crippen LogP contribution is -2.43. The Bertz CT molecular complexity index is 746. The van der Waals surface area contributed by atoms with E-state index in [4.69, 9.17) is 4.74 Å². The van der Waals surface area contributed by atoms with Gasteiger partial charge in [0.15, 0.2) is 0 Å². The Labute approximate surface area is 147 Å². The van der Waals surface area contributed by atoms with E-state index < -0.39 is 12.1 Å². The molecular formula is C20H22N2O3. The van der Waals surface area contributed by atoms with Crippen LogP contribution in [-0.4, -0.2) is 29.5 Å². The minimum absolute atomic E-state index is 0.167. The molecule has 3 rings (SSSR count). The number of carbonyl (C=O) groups is 2. The van der Waals surface area contributed by atoms with Crippen molar-refractivity contribution in [2.24, 2.45) is 0 Å². The molecular weight excluding hydrogens is 316 g/mol. The average molecular weight is 338 g/mol. The van der Waals surface area contributed by atoms with Crippen molar-refractivity contribution in [3.05, 3.63) is 65.7 Å². The summed E-state index contributed by atoms with van der Waals surface area (Å²) in [6, 6.07) is 16.7. The molecule has 2 amide bonds. The normalized spacial score (nSPS) is 16.5. The van der Waals surface area contributed by atoms with Crippen molar-refractivity contribution < 1.29 is 14.3 Å². The topological polar surface area (TPSA) is 58.6 Å². The fraction of sp³-hybridized carbons (Fsp3) is 0.300. The van der Waals surface area contributed by atoms with Crippen molar-refractivity contribution in [2.45, 2.75) is 32.4 Å². The van der Waals surface area contributed by atoms with Gasteiger partial charge in [-0.2, -0.15) is 0 Å². The number of benzene rings is 2. The third-order valence-electron chi connectivity index (χ3n) is 4.28. The van der Waals surface area contributed by atoms with Crippen LogP contribution in [0.3, 0.4) is 0 Å². The maximum absolute atomic E-state index is 12.6. The molecule has 2 aromatic rings. The van der Waals surface area contributed by atoms with Gasteiger partial charge in [-0.25, -0.2) is 4.79 Å². The molecule has 1 heterocycles. The highest BCUT2D eigenvalue weighted by Gasteiger charge is 2.35. The molecule has 1 aliphatic rings. The molecule has 0 unspecified atom stereocenters. The van der Waals surface area contributed by atoms with Crippen LogP contribution in [0.15, 0.2) is 54.6 Å². The van der Waals surface area contributed by atoms with Gasteiger partial charge < -0.3 is 10.1 Å². The summed E-state index contributed by atoms with van der Waals surface area (Å²) in [5.41, 5.74) is 2.74. The van der Waals surface area contributed by atoms with Gasteiger partial charge in [0.1, 0.15) is 12.6 Å². The second-order valence-electron chi connectivity index (χ2n) is 6.25. The van der Waals surface area contributed by atoms with Crippen molar-refractivity contribution in [2.75, 3.05) is 11.9 Å². The van der Waals surface area contributed by atoms with Crippen LogP contribution in [0.2, 0.25) is 0 Å². The molecule has 0 saturated carbocycles. The van der Waals surface area contributed by atoms with Crippen molar-refractivity contribution >= 4 is 17.7 Å². The molecule has 5 heteroatoms. The summed E-state index contributed by atoms with van der Waals surface area (Å²) >= 11 is 0. The molecule has 0 radical (unpaired) electrons. The van der Waals surface area contributed by atoms with Crippen LogP contribution in [0.1, 0.15) is 24.0 Å². The van der Waals surface area contributed by atoms with Gasteiger partial charge in [0.05, 0.1) is 0 Å². The molecule has 0 aromatic heterocycles. The average Bonchev–Trinajstić information content (AvgIpc) is 3.10. The van der Waals surface area contributed by atoms with Crippen LogP contribution in [0.5, 0.6) is 0 Å². The van der Waals surface area contributed by atoms with Crippen LogP contribution in [0.4, 0.5) is 10.5 Å². The van der Waals surface area contributed by atoms with E-state index in [-0.39, 0.29) is 12.5 Å². The van der Waals surface area contributed by atoms with Crippen molar-refractivity contribution in [1.82, 2.24) is 4.90 Å². The van der Waals surface area contributed by atoms with Gasteiger partial charge in [-0.15, -0.1) is 0 Å². The molecule has 25 heavy (non-hydrogen) atoms. The lowest BCUT2D eigenvalue weighted by Gasteiger charge is -2.23. The molecule has 130 valence electrons. The fourth-order valence-electron chi connectivity index (χ4n) is 3.01. The Morgan fingerprint density at radius 3 is 2.72 bits per heavy atom. The van der Waals surface area contributed by atoms with Crippen LogP contribution < -0.4 is 5.32 Å². The maximum atomic E-state index is 12.6. The molecule has 1 N–H and O–H groups in total. The largest absolute Gasteiger partial charge is 0.445 e. The summed E-state index contributed by atoms with van der Waals surface area (Å²) in [6.45, 7) is 2.72. The van der Waals surface area contributed by atoms with Gasteiger partial charge >= 0.3 is 6.09 Å². The van der Waals surface area contributed by atoms with Crippen LogP contribution in [0, 0.1) is 6.92 Å². The third-order valence-corrected chi connectivity index (χ3v) is 4.28. The van der Waals surface area contributed by atoms with E-state index in [1.54, 1.807) is 0 Å². The van der Waals surface area contributed by atoms with Gasteiger partial charge in [-0.1, -0.05) is 42.5 Å². The second kappa shape index (κ2) is 7.83. The number of hydrogen-bond donors (Lipinski definition) is 1. The molecule has 5 nitrogen and oxygen atoms in total. The quantitative estimate of drug-likeness (QED) is 0.924. The molecule has 0 spiro atoms. The molecule has 1 atom stereocenters. The highest BCUT2D eigenvalue weighted by Crippen LogP contribution is 2.21. The van der Waals surface area contributed by atoms with E-state index in [0.29, 0.717) is 13.0 Å². The highest BCUT2D eigenvalue weighted by molar-refractivity contribution is 5.96. The van der Waals surface area contributed by atoms with E-state index in [9.17, 15) is 9.59 Å². The first-order valence-corrected chi connectivity index (χ1v) is 8.48. The number of nitrogens with one attached hydrogen (secondary N) is 1. The Hall–Kier alpha value is -2.82. The summed E-state index contributed by atoms with van der Waals surface area (Å²) in [4.78, 5) is 26.4. The summed E-state index contributed by atoms with van der Waals surface area (Å²) in [6.07, 6.45) is 1.01. The van der Waals surface area contributed by atoms with Crippen LogP contribution in [0.25, 0.3) is 0 Å². The zero-order valence-corrected chi connectivity index (χ0v) is 14.3. The number of anilines is 1. The van der Waals surface area contributed by atoms with Crippen LogP contribution >= 0.6 is 0 Å². The van der Waals surface area contributed by atoms with E-state index in [2.05, 4.69) is 5.32 Å². The zero-order valence-electron chi connectivity index (χ0n) is 14.3. The minimum atomic E-state index is -0.483. The smallest absolute Gasteiger partial charge is 0.410 e. The summed E-state index contributed by atoms with van der Waals surface area (Å²) in [5, 5.41) is 2.89. The Morgan fingerprint density at radius 2 is 1.96 bits per heavy atom. The van der Waals surface area contributed by atoms with Gasteiger partial charge in [-0.3, -0.25) is 9.69 Å². The summed E-state index contributed by atoms with van der Waals surface area (Å²) in [5.74, 6) is -0.167. The third kappa shape index (κ3) is 4.38. The SMILES string of the molecule is Cc1cccc(NC(=O)[C@H]2CCCN2C(=O)OCc2ccccc2)c1. The summed E-state index contributed by atoms with van der Waals surface area (Å²) in [7, 11) is 0. The van der Waals surface area contributed by atoms with Crippen molar-refractivity contribution in [3.63, 3.8) is 0 Å². The van der Waals surface area contributed by atoms with Crippen molar-refractivity contribution in [1.29, 1.82) is 0 Å². The first-order chi connectivity index (χ1) is 12.1. The van der Waals surface area contributed by atoms with E-state index in [0.717, 1.165) is 23.2 Å². The van der Waals surface area contributed by atoms with E-state index in [1.807, 2.05) is 61.5 Å². The number of likely N-dealkylation sites (tertiary alicyclic amines) is 1.